The molecule has 0 saturated heterocycles. The van der Waals surface area contributed by atoms with Crippen LogP contribution in [0.4, 0.5) is 0 Å². The molecule has 0 N–H and O–H groups in total. The summed E-state index contributed by atoms with van der Waals surface area (Å²) in [5, 5.41) is 0. The summed E-state index contributed by atoms with van der Waals surface area (Å²) in [7, 11) is 0. The molecule has 0 heteroatoms. The molecule has 5 saturated carbocycles. The van der Waals surface area contributed by atoms with Crippen molar-refractivity contribution in [2.75, 3.05) is 0 Å². The first-order valence-corrected chi connectivity index (χ1v) is 11.9. The third kappa shape index (κ3) is 2.44. The van der Waals surface area contributed by atoms with Gasteiger partial charge in [0.2, 0.25) is 0 Å². The van der Waals surface area contributed by atoms with Crippen LogP contribution in [-0.4, -0.2) is 0 Å². The summed E-state index contributed by atoms with van der Waals surface area (Å²) in [6, 6.07) is 0. The zero-order valence-electron chi connectivity index (χ0n) is 17.4. The van der Waals surface area contributed by atoms with Crippen LogP contribution >= 0.6 is 0 Å². The quantitative estimate of drug-likeness (QED) is 0.493. The lowest BCUT2D eigenvalue weighted by molar-refractivity contribution is -0.121. The minimum atomic E-state index is 0.684. The van der Waals surface area contributed by atoms with E-state index >= 15 is 0 Å². The SMILES string of the molecule is CC(C)C1CCC2C3CCC4CC(C5CC5)CCC4(C)C3CCC12C. The first-order chi connectivity index (χ1) is 11.9. The van der Waals surface area contributed by atoms with Crippen LogP contribution in [0.25, 0.3) is 0 Å². The van der Waals surface area contributed by atoms with Crippen molar-refractivity contribution in [3.05, 3.63) is 0 Å². The minimum Gasteiger partial charge on any atom is -0.0625 e. The highest BCUT2D eigenvalue weighted by molar-refractivity contribution is 5.09. The molecule has 0 amide bonds. The van der Waals surface area contributed by atoms with Gasteiger partial charge < -0.3 is 0 Å². The molecular weight excluding hydrogens is 300 g/mol. The van der Waals surface area contributed by atoms with E-state index < -0.39 is 0 Å². The van der Waals surface area contributed by atoms with Crippen LogP contribution in [0.15, 0.2) is 0 Å². The predicted molar refractivity (Wildman–Crippen MR) is 106 cm³/mol. The second-order valence-corrected chi connectivity index (χ2v) is 12.0. The first-order valence-electron chi connectivity index (χ1n) is 11.9. The molecule has 5 aliphatic rings. The van der Waals surface area contributed by atoms with Crippen LogP contribution in [0.5, 0.6) is 0 Å². The summed E-state index contributed by atoms with van der Waals surface area (Å²) in [6.07, 6.45) is 17.3. The molecule has 0 bridgehead atoms. The van der Waals surface area contributed by atoms with Crippen molar-refractivity contribution in [3.63, 3.8) is 0 Å². The number of hydrogen-bond donors (Lipinski definition) is 0. The van der Waals surface area contributed by atoms with Gasteiger partial charge in [0.05, 0.1) is 0 Å². The highest BCUT2D eigenvalue weighted by Crippen LogP contribution is 2.69. The zero-order chi connectivity index (χ0) is 17.4. The van der Waals surface area contributed by atoms with Gasteiger partial charge in [-0.25, -0.2) is 0 Å². The van der Waals surface area contributed by atoms with Crippen molar-refractivity contribution in [1.82, 2.24) is 0 Å². The highest BCUT2D eigenvalue weighted by atomic mass is 14.7. The molecule has 0 aromatic heterocycles. The number of hydrogen-bond acceptors (Lipinski definition) is 0. The molecule has 8 unspecified atom stereocenters. The average Bonchev–Trinajstić information content (AvgIpc) is 3.35. The van der Waals surface area contributed by atoms with E-state index in [9.17, 15) is 0 Å². The minimum absolute atomic E-state index is 0.684. The molecule has 25 heavy (non-hydrogen) atoms. The molecule has 5 fully saturated rings. The fourth-order valence-corrected chi connectivity index (χ4v) is 9.42. The lowest BCUT2D eigenvalue weighted by Gasteiger charge is -2.61. The largest absolute Gasteiger partial charge is 0.0625 e. The predicted octanol–water partition coefficient (Wildman–Crippen LogP) is 7.33. The first kappa shape index (κ1) is 17.1. The molecule has 0 heterocycles. The second kappa shape index (κ2) is 5.75. The Balaban J connectivity index is 1.38. The topological polar surface area (TPSA) is 0 Å². The van der Waals surface area contributed by atoms with E-state index in [2.05, 4.69) is 27.7 Å². The molecule has 5 aliphatic carbocycles. The van der Waals surface area contributed by atoms with E-state index in [0.717, 1.165) is 47.3 Å². The Hall–Kier alpha value is 0. The van der Waals surface area contributed by atoms with E-state index in [-0.39, 0.29) is 0 Å². The monoisotopic (exact) mass is 342 g/mol. The highest BCUT2D eigenvalue weighted by Gasteiger charge is 2.60. The van der Waals surface area contributed by atoms with Crippen molar-refractivity contribution in [2.24, 2.45) is 58.2 Å². The van der Waals surface area contributed by atoms with Crippen LogP contribution in [-0.2, 0) is 0 Å². The van der Waals surface area contributed by atoms with Gasteiger partial charge in [0.1, 0.15) is 0 Å². The van der Waals surface area contributed by atoms with Gasteiger partial charge in [-0.15, -0.1) is 0 Å². The van der Waals surface area contributed by atoms with E-state index in [4.69, 9.17) is 0 Å². The van der Waals surface area contributed by atoms with E-state index in [1.165, 1.54) is 6.42 Å². The maximum atomic E-state index is 2.76. The van der Waals surface area contributed by atoms with Gasteiger partial charge in [-0.3, -0.25) is 0 Å². The Morgan fingerprint density at radius 2 is 1.40 bits per heavy atom. The zero-order valence-corrected chi connectivity index (χ0v) is 17.4. The Morgan fingerprint density at radius 1 is 0.680 bits per heavy atom. The maximum Gasteiger partial charge on any atom is -0.0264 e. The Kier molecular flexibility index (Phi) is 3.94. The summed E-state index contributed by atoms with van der Waals surface area (Å²) in [4.78, 5) is 0. The van der Waals surface area contributed by atoms with Crippen molar-refractivity contribution in [1.29, 1.82) is 0 Å². The number of fused-ring (bicyclic) bond motifs is 5. The van der Waals surface area contributed by atoms with Crippen LogP contribution in [0.1, 0.15) is 98.3 Å². The summed E-state index contributed by atoms with van der Waals surface area (Å²) >= 11 is 0. The second-order valence-electron chi connectivity index (χ2n) is 12.0. The molecule has 5 rings (SSSR count). The lowest BCUT2D eigenvalue weighted by atomic mass is 9.44. The van der Waals surface area contributed by atoms with Gasteiger partial charge in [0.15, 0.2) is 0 Å². The van der Waals surface area contributed by atoms with E-state index in [0.29, 0.717) is 10.8 Å². The molecule has 0 aromatic carbocycles. The van der Waals surface area contributed by atoms with E-state index in [1.54, 1.807) is 64.2 Å². The molecule has 0 aromatic rings. The third-order valence-electron chi connectivity index (χ3n) is 10.9. The molecule has 0 radical (unpaired) electrons. The van der Waals surface area contributed by atoms with Crippen LogP contribution in [0, 0.1) is 58.2 Å². The van der Waals surface area contributed by atoms with Crippen molar-refractivity contribution < 1.29 is 0 Å². The maximum absolute atomic E-state index is 2.76. The van der Waals surface area contributed by atoms with Crippen LogP contribution in [0.3, 0.4) is 0 Å². The summed E-state index contributed by atoms with van der Waals surface area (Å²) < 4.78 is 0. The Bertz CT molecular complexity index is 516. The van der Waals surface area contributed by atoms with Gasteiger partial charge in [-0.2, -0.15) is 0 Å². The molecule has 8 atom stereocenters. The van der Waals surface area contributed by atoms with Crippen molar-refractivity contribution in [2.45, 2.75) is 98.3 Å². The van der Waals surface area contributed by atoms with Gasteiger partial charge >= 0.3 is 0 Å². The van der Waals surface area contributed by atoms with Crippen LogP contribution in [0.2, 0.25) is 0 Å². The fraction of sp³-hybridized carbons (Fsp3) is 1.00. The molecule has 142 valence electrons. The van der Waals surface area contributed by atoms with Crippen molar-refractivity contribution >= 4 is 0 Å². The third-order valence-corrected chi connectivity index (χ3v) is 10.9. The van der Waals surface area contributed by atoms with Crippen LogP contribution < -0.4 is 0 Å². The smallest absolute Gasteiger partial charge is 0.0264 e. The summed E-state index contributed by atoms with van der Waals surface area (Å²) in [5.74, 6) is 8.50. The molecule has 0 spiro atoms. The van der Waals surface area contributed by atoms with Crippen molar-refractivity contribution in [3.8, 4) is 0 Å². The number of rotatable bonds is 2. The summed E-state index contributed by atoms with van der Waals surface area (Å²) in [5.41, 5.74) is 1.40. The normalized spacial score (nSPS) is 55.6. The van der Waals surface area contributed by atoms with Gasteiger partial charge in [0, 0.05) is 0 Å². The average molecular weight is 343 g/mol. The summed E-state index contributed by atoms with van der Waals surface area (Å²) in [6.45, 7) is 10.5. The fourth-order valence-electron chi connectivity index (χ4n) is 9.42. The Morgan fingerprint density at radius 3 is 2.12 bits per heavy atom. The van der Waals surface area contributed by atoms with Gasteiger partial charge in [-0.05, 0) is 129 Å². The molecule has 0 aliphatic heterocycles. The molecular formula is C25H42. The lowest BCUT2D eigenvalue weighted by Crippen LogP contribution is -2.53. The Labute approximate surface area is 156 Å². The standard InChI is InChI=1S/C25H42/c1-16(2)21-9-10-22-20-8-7-19-15-18(17-5-6-17)11-13-24(19,3)23(20)12-14-25(21,22)4/h16-23H,5-15H2,1-4H3. The van der Waals surface area contributed by atoms with Gasteiger partial charge in [-0.1, -0.05) is 27.7 Å². The van der Waals surface area contributed by atoms with Gasteiger partial charge in [0.25, 0.3) is 0 Å². The van der Waals surface area contributed by atoms with E-state index in [1.807, 2.05) is 0 Å². The molecule has 0 nitrogen and oxygen atoms in total.